The van der Waals surface area contributed by atoms with Crippen LogP contribution in [0.3, 0.4) is 0 Å². The molecule has 0 aromatic heterocycles. The predicted molar refractivity (Wildman–Crippen MR) is 60.1 cm³/mol. The normalized spacial score (nSPS) is 9.56. The molecule has 84 valence electrons. The lowest BCUT2D eigenvalue weighted by atomic mass is 10.1. The lowest BCUT2D eigenvalue weighted by Crippen LogP contribution is -2.17. The molecule has 0 saturated carbocycles. The first kappa shape index (κ1) is 11.9. The minimum atomic E-state index is -0.996. The summed E-state index contributed by atoms with van der Waals surface area (Å²) in [5.74, 6) is -1.35. The van der Waals surface area contributed by atoms with Gasteiger partial charge in [-0.2, -0.15) is 0 Å². The van der Waals surface area contributed by atoms with Crippen LogP contribution in [-0.4, -0.2) is 29.1 Å². The summed E-state index contributed by atoms with van der Waals surface area (Å²) in [6.07, 6.45) is 0. The Kier molecular flexibility index (Phi) is 3.77. The summed E-state index contributed by atoms with van der Waals surface area (Å²) in [7, 11) is 0. The van der Waals surface area contributed by atoms with Gasteiger partial charge in [0.05, 0.1) is 0 Å². The number of benzene rings is 1. The molecule has 1 rings (SSSR count). The summed E-state index contributed by atoms with van der Waals surface area (Å²) in [6.45, 7) is 1.05. The van der Waals surface area contributed by atoms with Gasteiger partial charge in [0.25, 0.3) is 0 Å². The van der Waals surface area contributed by atoms with Crippen LogP contribution in [0.25, 0.3) is 0 Å². The molecule has 0 fully saturated rings. The van der Waals surface area contributed by atoms with Gasteiger partial charge in [0.15, 0.2) is 5.78 Å². The second-order valence-electron chi connectivity index (χ2n) is 3.22. The van der Waals surface area contributed by atoms with Gasteiger partial charge in [-0.25, -0.2) is 0 Å². The minimum Gasteiger partial charge on any atom is -0.480 e. The van der Waals surface area contributed by atoms with Crippen molar-refractivity contribution in [2.45, 2.75) is 6.92 Å². The molecule has 0 aliphatic heterocycles. The Labute approximate surface area is 92.6 Å². The van der Waals surface area contributed by atoms with Crippen molar-refractivity contribution in [1.82, 2.24) is 0 Å². The zero-order valence-corrected chi connectivity index (χ0v) is 8.78. The number of nitrogens with one attached hydrogen (secondary N) is 2. The lowest BCUT2D eigenvalue weighted by molar-refractivity contribution is -0.134. The van der Waals surface area contributed by atoms with Crippen molar-refractivity contribution in [2.24, 2.45) is 0 Å². The maximum atomic E-state index is 11.1. The van der Waals surface area contributed by atoms with Crippen molar-refractivity contribution in [3.8, 4) is 0 Å². The summed E-state index contributed by atoms with van der Waals surface area (Å²) in [5.41, 5.74) is 0.759. The van der Waals surface area contributed by atoms with Gasteiger partial charge in [0.1, 0.15) is 12.3 Å². The van der Waals surface area contributed by atoms with E-state index in [1.807, 2.05) is 0 Å². The quantitative estimate of drug-likeness (QED) is 0.649. The van der Waals surface area contributed by atoms with E-state index in [0.29, 0.717) is 11.3 Å². The summed E-state index contributed by atoms with van der Waals surface area (Å²) >= 11 is 0. The molecule has 0 heterocycles. The van der Waals surface area contributed by atoms with Crippen LogP contribution in [0.4, 0.5) is 5.69 Å². The van der Waals surface area contributed by atoms with Crippen molar-refractivity contribution in [3.63, 3.8) is 0 Å². The summed E-state index contributed by atoms with van der Waals surface area (Å²) in [4.78, 5) is 21.5. The third kappa shape index (κ3) is 2.91. The molecular formula is C11H12N2O3. The number of aliphatic carboxylic acids is 1. The number of carbonyl (C=O) groups is 2. The van der Waals surface area contributed by atoms with Gasteiger partial charge in [-0.15, -0.1) is 0 Å². The number of anilines is 1. The van der Waals surface area contributed by atoms with E-state index < -0.39 is 5.97 Å². The van der Waals surface area contributed by atoms with Crippen molar-refractivity contribution >= 4 is 23.2 Å². The Bertz CT molecular complexity index is 441. The van der Waals surface area contributed by atoms with E-state index in [0.717, 1.165) is 0 Å². The van der Waals surface area contributed by atoms with E-state index in [-0.39, 0.29) is 18.0 Å². The average Bonchev–Trinajstić information content (AvgIpc) is 2.25. The van der Waals surface area contributed by atoms with Crippen LogP contribution in [0, 0.1) is 5.41 Å². The van der Waals surface area contributed by atoms with E-state index >= 15 is 0 Å². The predicted octanol–water partition coefficient (Wildman–Crippen LogP) is 1.14. The second-order valence-corrected chi connectivity index (χ2v) is 3.22. The van der Waals surface area contributed by atoms with Crippen LogP contribution >= 0.6 is 0 Å². The largest absolute Gasteiger partial charge is 0.480 e. The number of hydrogen-bond acceptors (Lipinski definition) is 4. The highest BCUT2D eigenvalue weighted by Crippen LogP contribution is 2.15. The maximum absolute atomic E-state index is 11.1. The Hall–Kier alpha value is -2.17. The number of para-hydroxylation sites is 1. The third-order valence-electron chi connectivity index (χ3n) is 1.98. The smallest absolute Gasteiger partial charge is 0.322 e. The highest BCUT2D eigenvalue weighted by molar-refractivity contribution is 6.45. The van der Waals surface area contributed by atoms with Crippen molar-refractivity contribution in [2.75, 3.05) is 11.9 Å². The van der Waals surface area contributed by atoms with Crippen LogP contribution in [0.15, 0.2) is 24.3 Å². The highest BCUT2D eigenvalue weighted by atomic mass is 16.4. The average molecular weight is 220 g/mol. The first-order valence-electron chi connectivity index (χ1n) is 4.67. The molecule has 0 radical (unpaired) electrons. The van der Waals surface area contributed by atoms with E-state index in [9.17, 15) is 9.59 Å². The number of hydrogen-bond donors (Lipinski definition) is 3. The fourth-order valence-electron chi connectivity index (χ4n) is 1.22. The fraction of sp³-hybridized carbons (Fsp3) is 0.182. The number of carbonyl (C=O) groups excluding carboxylic acids is 1. The van der Waals surface area contributed by atoms with Gasteiger partial charge in [-0.1, -0.05) is 18.2 Å². The molecule has 0 amide bonds. The molecule has 0 aliphatic carbocycles. The Morgan fingerprint density at radius 2 is 2.00 bits per heavy atom. The van der Waals surface area contributed by atoms with E-state index in [2.05, 4.69) is 5.32 Å². The number of carboxylic acids is 1. The molecule has 1 aromatic carbocycles. The van der Waals surface area contributed by atoms with Crippen molar-refractivity contribution < 1.29 is 14.7 Å². The van der Waals surface area contributed by atoms with Gasteiger partial charge < -0.3 is 10.4 Å². The van der Waals surface area contributed by atoms with Crippen LogP contribution in [0.5, 0.6) is 0 Å². The molecule has 5 nitrogen and oxygen atoms in total. The summed E-state index contributed by atoms with van der Waals surface area (Å²) in [6, 6.07) is 6.64. The van der Waals surface area contributed by atoms with Gasteiger partial charge in [-0.05, 0) is 6.07 Å². The number of rotatable bonds is 5. The second kappa shape index (κ2) is 5.06. The third-order valence-corrected chi connectivity index (χ3v) is 1.98. The van der Waals surface area contributed by atoms with Crippen LogP contribution in [-0.2, 0) is 9.59 Å². The highest BCUT2D eigenvalue weighted by Gasteiger charge is 2.11. The topological polar surface area (TPSA) is 90.3 Å². The number of carboxylic acid groups (broad SMARTS) is 1. The van der Waals surface area contributed by atoms with Gasteiger partial charge in [0, 0.05) is 18.2 Å². The molecule has 3 N–H and O–H groups in total. The molecule has 0 atom stereocenters. The fourth-order valence-corrected chi connectivity index (χ4v) is 1.22. The molecular weight excluding hydrogens is 208 g/mol. The van der Waals surface area contributed by atoms with Crippen molar-refractivity contribution in [3.05, 3.63) is 29.8 Å². The summed E-state index contributed by atoms with van der Waals surface area (Å²) in [5, 5.41) is 18.8. The maximum Gasteiger partial charge on any atom is 0.322 e. The Balaban J connectivity index is 2.96. The van der Waals surface area contributed by atoms with Gasteiger partial charge in [0.2, 0.25) is 0 Å². The van der Waals surface area contributed by atoms with Gasteiger partial charge >= 0.3 is 5.97 Å². The molecule has 1 aromatic rings. The Morgan fingerprint density at radius 3 is 2.56 bits per heavy atom. The minimum absolute atomic E-state index is 0.131. The molecule has 0 aliphatic rings. The molecule has 16 heavy (non-hydrogen) atoms. The molecule has 0 saturated heterocycles. The van der Waals surface area contributed by atoms with E-state index in [1.165, 1.54) is 6.92 Å². The number of Topliss-reactive ketones (excluding diaryl/α,β-unsaturated/α-hetero) is 1. The van der Waals surface area contributed by atoms with Gasteiger partial charge in [-0.3, -0.25) is 15.0 Å². The Morgan fingerprint density at radius 1 is 1.38 bits per heavy atom. The molecule has 0 spiro atoms. The first-order valence-corrected chi connectivity index (χ1v) is 4.67. The lowest BCUT2D eigenvalue weighted by Gasteiger charge is -2.09. The van der Waals surface area contributed by atoms with Crippen molar-refractivity contribution in [1.29, 1.82) is 5.41 Å². The number of ketones is 1. The van der Waals surface area contributed by atoms with Crippen LogP contribution in [0.2, 0.25) is 0 Å². The van der Waals surface area contributed by atoms with E-state index in [1.54, 1.807) is 24.3 Å². The summed E-state index contributed by atoms with van der Waals surface area (Å²) < 4.78 is 0. The SMILES string of the molecule is CC(=O)C(=N)c1ccccc1NCC(=O)O. The zero-order chi connectivity index (χ0) is 12.1. The standard InChI is InChI=1S/C11H12N2O3/c1-7(14)11(12)8-4-2-3-5-9(8)13-6-10(15)16/h2-5,12-13H,6H2,1H3,(H,15,16). The molecule has 5 heteroatoms. The van der Waals surface area contributed by atoms with Crippen LogP contribution in [0.1, 0.15) is 12.5 Å². The first-order chi connectivity index (χ1) is 7.52. The zero-order valence-electron chi connectivity index (χ0n) is 8.78. The van der Waals surface area contributed by atoms with Crippen LogP contribution < -0.4 is 5.32 Å². The molecule has 0 unspecified atom stereocenters. The van der Waals surface area contributed by atoms with E-state index in [4.69, 9.17) is 10.5 Å². The molecule has 0 bridgehead atoms. The monoisotopic (exact) mass is 220 g/mol.